The third-order valence-corrected chi connectivity index (χ3v) is 7.58. The smallest absolute Gasteiger partial charge is 0.410 e. The number of ether oxygens (including phenoxy) is 1. The van der Waals surface area contributed by atoms with E-state index in [9.17, 15) is 24.3 Å². The van der Waals surface area contributed by atoms with Crippen molar-refractivity contribution in [3.05, 3.63) is 48.5 Å². The molecule has 1 aliphatic rings. The van der Waals surface area contributed by atoms with Crippen molar-refractivity contribution < 1.29 is 33.9 Å². The summed E-state index contributed by atoms with van der Waals surface area (Å²) >= 11 is 0. The number of likely N-dealkylation sites (tertiary alicyclic amines) is 1. The number of nitrogens with one attached hydrogen (secondary N) is 2. The number of carboxylic acid groups (broad SMARTS) is 1. The summed E-state index contributed by atoms with van der Waals surface area (Å²) in [6.07, 6.45) is 3.41. The van der Waals surface area contributed by atoms with Gasteiger partial charge in [0.05, 0.1) is 44.5 Å². The van der Waals surface area contributed by atoms with Gasteiger partial charge in [0.1, 0.15) is 18.5 Å². The van der Waals surface area contributed by atoms with Gasteiger partial charge in [-0.2, -0.15) is 0 Å². The molecule has 0 unspecified atom stereocenters. The molecule has 0 radical (unpaired) electrons. The van der Waals surface area contributed by atoms with E-state index in [2.05, 4.69) is 41.0 Å². The van der Waals surface area contributed by atoms with E-state index in [1.54, 1.807) is 56.0 Å². The molecule has 0 saturated carbocycles. The molecule has 2 aromatic heterocycles. The number of hydrogen-bond acceptors (Lipinski definition) is 9. The molecule has 2 N–H and O–H groups in total. The number of amides is 3. The number of hydrogen-bond donors (Lipinski definition) is 2. The molecule has 14 heteroatoms. The predicted octanol–water partition coefficient (Wildman–Crippen LogP) is 0.988. The van der Waals surface area contributed by atoms with Gasteiger partial charge in [-0.1, -0.05) is 18.2 Å². The molecule has 0 bridgehead atoms. The van der Waals surface area contributed by atoms with Crippen molar-refractivity contribution >= 4 is 40.9 Å². The number of aliphatic carboxylic acids is 1. The Morgan fingerprint density at radius 2 is 1.72 bits per heavy atom. The van der Waals surface area contributed by atoms with E-state index in [-0.39, 0.29) is 36.0 Å². The second-order valence-electron chi connectivity index (χ2n) is 12.0. The van der Waals surface area contributed by atoms with Crippen LogP contribution in [0.2, 0.25) is 0 Å². The number of carbonyl (C=O) groups is 4. The third kappa shape index (κ3) is 10.2. The number of rotatable bonds is 11. The maximum absolute atomic E-state index is 13.3. The highest BCUT2D eigenvalue weighted by atomic mass is 16.6. The number of aromatic nitrogens is 4. The van der Waals surface area contributed by atoms with Gasteiger partial charge < -0.3 is 39.2 Å². The molecule has 1 atom stereocenters. The van der Waals surface area contributed by atoms with Crippen LogP contribution >= 0.6 is 0 Å². The van der Waals surface area contributed by atoms with E-state index in [4.69, 9.17) is 4.74 Å². The Balaban J connectivity index is 0.000000738. The average Bonchev–Trinajstić information content (AvgIpc) is 3.65. The van der Waals surface area contributed by atoms with E-state index in [1.165, 1.54) is 41.8 Å². The molecule has 0 aliphatic carbocycles. The number of imidazole rings is 1. The molecular formula is C32H46N8O6. The molecule has 4 rings (SSSR count). The summed E-state index contributed by atoms with van der Waals surface area (Å²) < 4.78 is 6.92. The van der Waals surface area contributed by atoms with Crippen LogP contribution in [0.4, 0.5) is 10.6 Å². The van der Waals surface area contributed by atoms with E-state index < -0.39 is 36.2 Å². The van der Waals surface area contributed by atoms with Crippen LogP contribution in [0.5, 0.6) is 0 Å². The minimum Gasteiger partial charge on any atom is -0.548 e. The van der Waals surface area contributed by atoms with Gasteiger partial charge >= 0.3 is 6.09 Å². The molecule has 3 amide bonds. The summed E-state index contributed by atoms with van der Waals surface area (Å²) in [5.41, 5.74) is 0.303. The minimum absolute atomic E-state index is 0.00600. The van der Waals surface area contributed by atoms with Crippen LogP contribution in [0, 0.1) is 0 Å². The molecule has 3 aromatic rings. The molecule has 1 aromatic carbocycles. The zero-order valence-corrected chi connectivity index (χ0v) is 27.6. The highest BCUT2D eigenvalue weighted by Crippen LogP contribution is 2.23. The second-order valence-corrected chi connectivity index (χ2v) is 12.0. The lowest BCUT2D eigenvalue weighted by molar-refractivity contribution is -0.894. The van der Waals surface area contributed by atoms with Crippen molar-refractivity contribution in [3.63, 3.8) is 0 Å². The summed E-state index contributed by atoms with van der Waals surface area (Å²) in [6.45, 7) is 15.3. The monoisotopic (exact) mass is 638 g/mol. The van der Waals surface area contributed by atoms with Crippen molar-refractivity contribution in [2.45, 2.75) is 72.6 Å². The quantitative estimate of drug-likeness (QED) is 0.311. The maximum atomic E-state index is 13.3. The first-order chi connectivity index (χ1) is 21.9. The fraction of sp³-hybridized carbons (Fsp3) is 0.531. The van der Waals surface area contributed by atoms with Crippen LogP contribution in [0.1, 0.15) is 64.7 Å². The largest absolute Gasteiger partial charge is 0.548 e. The van der Waals surface area contributed by atoms with Gasteiger partial charge in [0.25, 0.3) is 5.91 Å². The Hall–Kier alpha value is -4.59. The molecule has 3 heterocycles. The van der Waals surface area contributed by atoms with E-state index >= 15 is 0 Å². The van der Waals surface area contributed by atoms with Gasteiger partial charge in [0.15, 0.2) is 17.0 Å². The van der Waals surface area contributed by atoms with Gasteiger partial charge in [0.2, 0.25) is 5.91 Å². The number of carboxylic acids is 1. The molecule has 1 aliphatic heterocycles. The van der Waals surface area contributed by atoms with E-state index in [0.29, 0.717) is 24.9 Å². The first-order valence-electron chi connectivity index (χ1n) is 15.7. The maximum Gasteiger partial charge on any atom is 0.410 e. The normalized spacial score (nSPS) is 14.5. The van der Waals surface area contributed by atoms with Crippen LogP contribution in [0.25, 0.3) is 11.2 Å². The zero-order valence-electron chi connectivity index (χ0n) is 27.6. The second kappa shape index (κ2) is 16.6. The summed E-state index contributed by atoms with van der Waals surface area (Å²) in [7, 11) is 0. The van der Waals surface area contributed by atoms with Crippen molar-refractivity contribution in [2.24, 2.45) is 0 Å². The Bertz CT molecular complexity index is 1460. The fourth-order valence-electron chi connectivity index (χ4n) is 5.10. The Morgan fingerprint density at radius 3 is 2.30 bits per heavy atom. The average molecular weight is 639 g/mol. The van der Waals surface area contributed by atoms with Crippen LogP contribution in [-0.2, 0) is 20.9 Å². The predicted molar refractivity (Wildman–Crippen MR) is 170 cm³/mol. The van der Waals surface area contributed by atoms with Gasteiger partial charge in [0, 0.05) is 18.7 Å². The van der Waals surface area contributed by atoms with Gasteiger partial charge in [-0.3, -0.25) is 9.59 Å². The highest BCUT2D eigenvalue weighted by Gasteiger charge is 2.34. The summed E-state index contributed by atoms with van der Waals surface area (Å²) in [5.74, 6) is -2.16. The number of nitrogens with zero attached hydrogens (tertiary/aromatic N) is 6. The molecule has 1 fully saturated rings. The first-order valence-corrected chi connectivity index (χ1v) is 15.7. The number of fused-ring (bicyclic) bond motifs is 1. The van der Waals surface area contributed by atoms with Crippen LogP contribution in [-0.4, -0.2) is 104 Å². The molecule has 0 spiro atoms. The standard InChI is InChI=1S/C26H31N7O6.C6H15N/c1-26(2,3)39-25(38)33-11-7-10-18(33)12-31(14-20(35)36)19(34)13-32-16-29-21-22(27-15-28-23(21)32)30-24(37)17-8-5-4-6-9-17;1-4-7(5-2)6-3/h4-6,8-9,15-16,18H,7,10-14H2,1-3H3,(H,35,36)(H,27,28,30,37);4-6H2,1-3H3/t18-;/m1./s1. The Labute approximate surface area is 269 Å². The van der Waals surface area contributed by atoms with Crippen molar-refractivity contribution in [2.75, 3.05) is 44.6 Å². The molecule has 1 saturated heterocycles. The Kier molecular flexibility index (Phi) is 13.0. The first kappa shape index (κ1) is 35.9. The van der Waals surface area contributed by atoms with Gasteiger partial charge in [-0.25, -0.2) is 19.7 Å². The summed E-state index contributed by atoms with van der Waals surface area (Å²) in [4.78, 5) is 66.9. The van der Waals surface area contributed by atoms with Crippen molar-refractivity contribution in [1.82, 2.24) is 29.3 Å². The van der Waals surface area contributed by atoms with Crippen LogP contribution in [0.15, 0.2) is 43.0 Å². The number of benzene rings is 1. The van der Waals surface area contributed by atoms with Crippen LogP contribution in [0.3, 0.4) is 0 Å². The number of carbonyl (C=O) groups excluding carboxylic acids is 4. The lowest BCUT2D eigenvalue weighted by atomic mass is 10.2. The van der Waals surface area contributed by atoms with Crippen molar-refractivity contribution in [3.8, 4) is 0 Å². The fourth-order valence-corrected chi connectivity index (χ4v) is 5.10. The Morgan fingerprint density at radius 1 is 1.04 bits per heavy atom. The molecular weight excluding hydrogens is 592 g/mol. The summed E-state index contributed by atoms with van der Waals surface area (Å²) in [5, 5.41) is 14.2. The highest BCUT2D eigenvalue weighted by molar-refractivity contribution is 6.06. The summed E-state index contributed by atoms with van der Waals surface area (Å²) in [6, 6.07) is 8.19. The van der Waals surface area contributed by atoms with Crippen LogP contribution < -0.4 is 15.3 Å². The number of quaternary nitrogens is 1. The van der Waals surface area contributed by atoms with E-state index in [1.807, 2.05) is 0 Å². The lowest BCUT2D eigenvalue weighted by Gasteiger charge is -2.32. The van der Waals surface area contributed by atoms with Gasteiger partial charge in [-0.05, 0) is 66.5 Å². The van der Waals surface area contributed by atoms with E-state index in [0.717, 1.165) is 4.90 Å². The third-order valence-electron chi connectivity index (χ3n) is 7.58. The number of anilines is 1. The topological polar surface area (TPSA) is 167 Å². The molecule has 14 nitrogen and oxygen atoms in total. The molecule has 46 heavy (non-hydrogen) atoms. The SMILES string of the molecule is CC(C)(C)OC(=O)N1CCC[C@@H]1CN(CC(=O)[O-])C(=O)Cn1cnc2c(NC(=O)c3ccccc3)ncnc21.CC[NH+](CC)CC. The zero-order chi connectivity index (χ0) is 33.9. The van der Waals surface area contributed by atoms with Crippen molar-refractivity contribution in [1.29, 1.82) is 0 Å². The minimum atomic E-state index is -1.42. The van der Waals surface area contributed by atoms with Gasteiger partial charge in [-0.15, -0.1) is 0 Å². The molecule has 250 valence electrons. The lowest BCUT2D eigenvalue weighted by Crippen LogP contribution is -3.11.